The fourth-order valence-corrected chi connectivity index (χ4v) is 6.86. The van der Waals surface area contributed by atoms with Crippen LogP contribution in [0.2, 0.25) is 0 Å². The van der Waals surface area contributed by atoms with E-state index in [4.69, 9.17) is 14.2 Å². The minimum atomic E-state index is -6.27. The van der Waals surface area contributed by atoms with Gasteiger partial charge >= 0.3 is 27.5 Å². The third-order valence-electron chi connectivity index (χ3n) is 7.48. The summed E-state index contributed by atoms with van der Waals surface area (Å²) in [4.78, 5) is 12.2. The maximum Gasteiger partial charge on any atom is 0.478 e. The lowest BCUT2D eigenvalue weighted by atomic mass is 9.48. The fraction of sp³-hybridized carbons (Fsp3) is 0.652. The average molecular weight is 556 g/mol. The lowest BCUT2D eigenvalue weighted by molar-refractivity contribution is -0.202. The van der Waals surface area contributed by atoms with Gasteiger partial charge in [-0.2, -0.15) is 30.4 Å². The van der Waals surface area contributed by atoms with Crippen LogP contribution >= 0.6 is 0 Å². The number of oxime groups is 1. The lowest BCUT2D eigenvalue weighted by Gasteiger charge is -2.61. The van der Waals surface area contributed by atoms with E-state index in [9.17, 15) is 35.2 Å². The molecule has 4 saturated carbocycles. The molecule has 14 heteroatoms. The van der Waals surface area contributed by atoms with Crippen LogP contribution in [0.5, 0.6) is 5.75 Å². The lowest BCUT2D eigenvalue weighted by Crippen LogP contribution is -2.58. The topological polar surface area (TPSA) is 100 Å². The SMILES string of the molecule is COc1ccc(/C(=N\OS(=O)(=O)C(F)(F)C(=O)OCC23CC4C[C@H](C2)CC(OC)(C4)C3)C(F)(F)F)cc1. The number of rotatable bonds is 9. The van der Waals surface area contributed by atoms with Gasteiger partial charge in [-0.25, -0.2) is 4.79 Å². The first-order valence-corrected chi connectivity index (χ1v) is 12.9. The van der Waals surface area contributed by atoms with Crippen LogP contribution in [0, 0.1) is 17.3 Å². The number of esters is 1. The van der Waals surface area contributed by atoms with Gasteiger partial charge < -0.3 is 14.2 Å². The van der Waals surface area contributed by atoms with Crippen LogP contribution < -0.4 is 4.74 Å². The van der Waals surface area contributed by atoms with Crippen molar-refractivity contribution in [2.75, 3.05) is 20.8 Å². The molecular formula is C23H26F5NO7S. The van der Waals surface area contributed by atoms with E-state index in [-0.39, 0.29) is 17.6 Å². The molecule has 4 aliphatic rings. The van der Waals surface area contributed by atoms with Crippen molar-refractivity contribution in [3.8, 4) is 5.75 Å². The molecule has 8 nitrogen and oxygen atoms in total. The van der Waals surface area contributed by atoms with Crippen molar-refractivity contribution < 1.29 is 53.7 Å². The molecule has 0 N–H and O–H groups in total. The zero-order valence-corrected chi connectivity index (χ0v) is 20.8. The third kappa shape index (κ3) is 5.27. The summed E-state index contributed by atoms with van der Waals surface area (Å²) >= 11 is 0. The second-order valence-electron chi connectivity index (χ2n) is 10.1. The maximum absolute atomic E-state index is 14.6. The Kier molecular flexibility index (Phi) is 6.97. The van der Waals surface area contributed by atoms with Gasteiger partial charge in [0.1, 0.15) is 5.75 Å². The zero-order valence-electron chi connectivity index (χ0n) is 20.0. The van der Waals surface area contributed by atoms with Gasteiger partial charge in [0.15, 0.2) is 5.71 Å². The molecule has 206 valence electrons. The van der Waals surface area contributed by atoms with E-state index in [0.29, 0.717) is 19.3 Å². The highest BCUT2D eigenvalue weighted by Gasteiger charge is 2.61. The summed E-state index contributed by atoms with van der Waals surface area (Å²) in [7, 11) is -3.43. The molecule has 0 heterocycles. The monoisotopic (exact) mass is 555 g/mol. The Labute approximate surface area is 210 Å². The van der Waals surface area contributed by atoms with Gasteiger partial charge in [0.05, 0.1) is 19.3 Å². The van der Waals surface area contributed by atoms with E-state index < -0.39 is 56.4 Å². The van der Waals surface area contributed by atoms with E-state index in [1.807, 2.05) is 0 Å². The summed E-state index contributed by atoms with van der Waals surface area (Å²) in [5.74, 6) is -1.70. The van der Waals surface area contributed by atoms with Gasteiger partial charge in [-0.1, -0.05) is 5.16 Å². The zero-order chi connectivity index (χ0) is 27.3. The van der Waals surface area contributed by atoms with E-state index in [1.165, 1.54) is 7.11 Å². The fourth-order valence-electron chi connectivity index (χ4n) is 6.33. The standard InChI is InChI=1S/C23H26F5NO7S/c1-33-17-5-3-16(4-6-17)18(22(24,25)26)29-36-37(31,32)23(27,28)19(30)35-13-20-8-14-7-15(9-20)11-21(10-14,12-20)34-2/h3-6,14-15H,7-13H2,1-2H3/b29-18+/t14-,15?,20?,21?/m1/s1. The Morgan fingerprint density at radius 3 is 2.14 bits per heavy atom. The summed E-state index contributed by atoms with van der Waals surface area (Å²) in [5.41, 5.74) is -3.64. The first-order valence-electron chi connectivity index (χ1n) is 11.5. The summed E-state index contributed by atoms with van der Waals surface area (Å²) in [5, 5.41) is -2.86. The number of ether oxygens (including phenoxy) is 3. The smallest absolute Gasteiger partial charge is 0.478 e. The van der Waals surface area contributed by atoms with Crippen molar-refractivity contribution >= 4 is 21.8 Å². The highest BCUT2D eigenvalue weighted by Crippen LogP contribution is 2.62. The predicted octanol–water partition coefficient (Wildman–Crippen LogP) is 4.43. The van der Waals surface area contributed by atoms with Crippen LogP contribution in [0.4, 0.5) is 22.0 Å². The van der Waals surface area contributed by atoms with Crippen molar-refractivity contribution in [1.29, 1.82) is 0 Å². The molecule has 1 aromatic carbocycles. The minimum Gasteiger partial charge on any atom is -0.497 e. The van der Waals surface area contributed by atoms with Crippen LogP contribution in [-0.2, 0) is 28.7 Å². The molecule has 37 heavy (non-hydrogen) atoms. The third-order valence-corrected chi connectivity index (χ3v) is 8.55. The number of benzene rings is 1. The van der Waals surface area contributed by atoms with Crippen molar-refractivity contribution in [3.63, 3.8) is 0 Å². The molecule has 0 amide bonds. The van der Waals surface area contributed by atoms with Gasteiger partial charge in [0.2, 0.25) is 0 Å². The highest BCUT2D eigenvalue weighted by molar-refractivity contribution is 7.88. The number of hydrogen-bond acceptors (Lipinski definition) is 8. The Hall–Kier alpha value is -2.48. The number of methoxy groups -OCH3 is 2. The number of carbonyl (C=O) groups is 1. The Morgan fingerprint density at radius 2 is 1.62 bits per heavy atom. The molecule has 0 aromatic heterocycles. The number of carbonyl (C=O) groups excluding carboxylic acids is 1. The molecule has 0 radical (unpaired) electrons. The Balaban J connectivity index is 1.48. The Morgan fingerprint density at radius 1 is 1.03 bits per heavy atom. The van der Waals surface area contributed by atoms with Crippen molar-refractivity contribution in [1.82, 2.24) is 0 Å². The largest absolute Gasteiger partial charge is 0.497 e. The van der Waals surface area contributed by atoms with E-state index >= 15 is 0 Å². The molecule has 0 spiro atoms. The van der Waals surface area contributed by atoms with Gasteiger partial charge in [-0.05, 0) is 74.6 Å². The summed E-state index contributed by atoms with van der Waals surface area (Å²) < 4.78 is 113. The van der Waals surface area contributed by atoms with Crippen molar-refractivity contribution in [3.05, 3.63) is 29.8 Å². The summed E-state index contributed by atoms with van der Waals surface area (Å²) in [6.45, 7) is -0.460. The van der Waals surface area contributed by atoms with E-state index in [1.54, 1.807) is 7.11 Å². The first kappa shape index (κ1) is 27.6. The highest BCUT2D eigenvalue weighted by atomic mass is 32.2. The molecule has 0 aliphatic heterocycles. The second-order valence-corrected chi connectivity index (χ2v) is 11.7. The van der Waals surface area contributed by atoms with Crippen LogP contribution in [0.15, 0.2) is 29.4 Å². The van der Waals surface area contributed by atoms with E-state index in [2.05, 4.69) is 9.44 Å². The predicted molar refractivity (Wildman–Crippen MR) is 118 cm³/mol. The first-order chi connectivity index (χ1) is 17.1. The van der Waals surface area contributed by atoms with Crippen LogP contribution in [0.3, 0.4) is 0 Å². The molecule has 4 aliphatic carbocycles. The van der Waals surface area contributed by atoms with Gasteiger partial charge in [-0.3, -0.25) is 4.28 Å². The van der Waals surface area contributed by atoms with Gasteiger partial charge in [-0.15, -0.1) is 0 Å². The summed E-state index contributed by atoms with van der Waals surface area (Å²) in [6.07, 6.45) is -0.936. The number of nitrogens with zero attached hydrogens (tertiary/aromatic N) is 1. The molecular weight excluding hydrogens is 529 g/mol. The molecule has 4 bridgehead atoms. The maximum atomic E-state index is 14.6. The van der Waals surface area contributed by atoms with Gasteiger partial charge in [0, 0.05) is 18.1 Å². The van der Waals surface area contributed by atoms with Crippen molar-refractivity contribution in [2.45, 2.75) is 55.6 Å². The molecule has 3 unspecified atom stereocenters. The van der Waals surface area contributed by atoms with E-state index in [0.717, 1.165) is 43.5 Å². The normalized spacial score (nSPS) is 29.8. The molecule has 5 rings (SSSR count). The number of alkyl halides is 5. The van der Waals surface area contributed by atoms with Crippen LogP contribution in [-0.4, -0.2) is 58.0 Å². The number of halogens is 5. The average Bonchev–Trinajstić information content (AvgIpc) is 2.81. The van der Waals surface area contributed by atoms with Crippen LogP contribution in [0.1, 0.15) is 44.1 Å². The van der Waals surface area contributed by atoms with Crippen LogP contribution in [0.25, 0.3) is 0 Å². The quantitative estimate of drug-likeness (QED) is 0.192. The second kappa shape index (κ2) is 9.37. The molecule has 0 saturated heterocycles. The number of hydrogen-bond donors (Lipinski definition) is 0. The minimum absolute atomic E-state index is 0.184. The van der Waals surface area contributed by atoms with Crippen molar-refractivity contribution in [2.24, 2.45) is 22.4 Å². The molecule has 1 aromatic rings. The Bertz CT molecular complexity index is 1150. The summed E-state index contributed by atoms with van der Waals surface area (Å²) in [6, 6.07) is 4.00. The molecule has 4 fully saturated rings. The van der Waals surface area contributed by atoms with Gasteiger partial charge in [0.25, 0.3) is 0 Å². The molecule has 4 atom stereocenters.